The quantitative estimate of drug-likeness (QED) is 0.643. The maximum absolute atomic E-state index is 12.4. The van der Waals surface area contributed by atoms with Crippen molar-refractivity contribution >= 4 is 26.0 Å². The van der Waals surface area contributed by atoms with Gasteiger partial charge in [-0.15, -0.1) is 0 Å². The van der Waals surface area contributed by atoms with Crippen LogP contribution in [0, 0.1) is 0 Å². The Morgan fingerprint density at radius 3 is 2.38 bits per heavy atom. The predicted molar refractivity (Wildman–Crippen MR) is 102 cm³/mol. The van der Waals surface area contributed by atoms with E-state index in [1.54, 1.807) is 25.3 Å². The van der Waals surface area contributed by atoms with Crippen molar-refractivity contribution in [2.24, 2.45) is 0 Å². The molecule has 0 spiro atoms. The largest absolute Gasteiger partial charge is 0.497 e. The summed E-state index contributed by atoms with van der Waals surface area (Å²) in [5.74, 6) is 0.755. The molecular formula is C18H16BrN3O3S. The predicted octanol–water partition coefficient (Wildman–Crippen LogP) is 3.39. The summed E-state index contributed by atoms with van der Waals surface area (Å²) in [6, 6.07) is 15.6. The molecule has 3 rings (SSSR count). The third-order valence-electron chi connectivity index (χ3n) is 3.68. The number of ether oxygens (including phenoxy) is 1. The lowest BCUT2D eigenvalue weighted by Gasteiger charge is -2.08. The van der Waals surface area contributed by atoms with Gasteiger partial charge in [0, 0.05) is 10.0 Å². The van der Waals surface area contributed by atoms with Gasteiger partial charge in [0.25, 0.3) is 0 Å². The SMILES string of the molecule is COc1ccc(-c2cc(CNS(=O)(=O)c3ccc(Br)cc3)ncn2)cc1. The Labute approximate surface area is 160 Å². The summed E-state index contributed by atoms with van der Waals surface area (Å²) >= 11 is 3.29. The fourth-order valence-electron chi connectivity index (χ4n) is 2.28. The van der Waals surface area contributed by atoms with E-state index in [1.165, 1.54) is 18.5 Å². The molecular weight excluding hydrogens is 418 g/mol. The number of aromatic nitrogens is 2. The molecule has 3 aromatic rings. The number of nitrogens with one attached hydrogen (secondary N) is 1. The van der Waals surface area contributed by atoms with Crippen LogP contribution < -0.4 is 9.46 Å². The molecule has 1 aromatic heterocycles. The lowest BCUT2D eigenvalue weighted by Crippen LogP contribution is -2.23. The van der Waals surface area contributed by atoms with Gasteiger partial charge in [-0.05, 0) is 54.6 Å². The van der Waals surface area contributed by atoms with Crippen molar-refractivity contribution in [2.45, 2.75) is 11.4 Å². The summed E-state index contributed by atoms with van der Waals surface area (Å²) in [4.78, 5) is 8.58. The highest BCUT2D eigenvalue weighted by atomic mass is 79.9. The molecule has 134 valence electrons. The fourth-order valence-corrected chi connectivity index (χ4v) is 3.54. The molecule has 8 heteroatoms. The number of benzene rings is 2. The van der Waals surface area contributed by atoms with E-state index in [2.05, 4.69) is 30.6 Å². The highest BCUT2D eigenvalue weighted by molar-refractivity contribution is 9.10. The molecule has 0 aliphatic carbocycles. The second-order valence-corrected chi connectivity index (χ2v) is 8.08. The minimum absolute atomic E-state index is 0.0735. The van der Waals surface area contributed by atoms with E-state index in [0.29, 0.717) is 11.4 Å². The normalized spacial score (nSPS) is 11.3. The van der Waals surface area contributed by atoms with Gasteiger partial charge in [0.05, 0.1) is 29.9 Å². The Kier molecular flexibility index (Phi) is 5.65. The minimum Gasteiger partial charge on any atom is -0.497 e. The second kappa shape index (κ2) is 7.94. The zero-order valence-corrected chi connectivity index (χ0v) is 16.3. The number of rotatable bonds is 6. The average molecular weight is 434 g/mol. The lowest BCUT2D eigenvalue weighted by molar-refractivity contribution is 0.415. The molecule has 0 unspecified atom stereocenters. The van der Waals surface area contributed by atoms with Crippen LogP contribution in [0.5, 0.6) is 5.75 Å². The van der Waals surface area contributed by atoms with Crippen LogP contribution in [0.1, 0.15) is 5.69 Å². The van der Waals surface area contributed by atoms with Gasteiger partial charge >= 0.3 is 0 Å². The molecule has 2 aromatic carbocycles. The standard InChI is InChI=1S/C18H16BrN3O3S/c1-25-16-6-2-13(3-7-16)18-10-15(20-12-21-18)11-22-26(23,24)17-8-4-14(19)5-9-17/h2-10,12,22H,11H2,1H3. The molecule has 0 radical (unpaired) electrons. The monoisotopic (exact) mass is 433 g/mol. The number of nitrogens with zero attached hydrogens (tertiary/aromatic N) is 2. The molecule has 0 amide bonds. The highest BCUT2D eigenvalue weighted by Gasteiger charge is 2.14. The van der Waals surface area contributed by atoms with Gasteiger partial charge in [0.1, 0.15) is 12.1 Å². The van der Waals surface area contributed by atoms with Gasteiger partial charge < -0.3 is 4.74 Å². The van der Waals surface area contributed by atoms with Gasteiger partial charge in [0.2, 0.25) is 10.0 Å². The van der Waals surface area contributed by atoms with Crippen LogP contribution in [0.15, 0.2) is 70.3 Å². The number of halogens is 1. The lowest BCUT2D eigenvalue weighted by atomic mass is 10.1. The van der Waals surface area contributed by atoms with Crippen molar-refractivity contribution in [3.8, 4) is 17.0 Å². The van der Waals surface area contributed by atoms with Crippen LogP contribution in [0.4, 0.5) is 0 Å². The van der Waals surface area contributed by atoms with E-state index in [0.717, 1.165) is 15.8 Å². The van der Waals surface area contributed by atoms with E-state index in [-0.39, 0.29) is 11.4 Å². The third kappa shape index (κ3) is 4.46. The topological polar surface area (TPSA) is 81.2 Å². The summed E-state index contributed by atoms with van der Waals surface area (Å²) in [6.45, 7) is 0.0735. The summed E-state index contributed by atoms with van der Waals surface area (Å²) in [7, 11) is -2.00. The first kappa shape index (κ1) is 18.5. The van der Waals surface area contributed by atoms with Crippen molar-refractivity contribution < 1.29 is 13.2 Å². The molecule has 6 nitrogen and oxygen atoms in total. The summed E-state index contributed by atoms with van der Waals surface area (Å²) in [6.07, 6.45) is 1.42. The highest BCUT2D eigenvalue weighted by Crippen LogP contribution is 2.21. The van der Waals surface area contributed by atoms with Gasteiger partial charge in [-0.1, -0.05) is 15.9 Å². The molecule has 1 N–H and O–H groups in total. The minimum atomic E-state index is -3.61. The van der Waals surface area contributed by atoms with Crippen LogP contribution in [-0.2, 0) is 16.6 Å². The first-order valence-corrected chi connectivity index (χ1v) is 9.96. The van der Waals surface area contributed by atoms with E-state index in [9.17, 15) is 8.42 Å². The van der Waals surface area contributed by atoms with Crippen molar-refractivity contribution in [1.82, 2.24) is 14.7 Å². The Balaban J connectivity index is 1.75. The maximum atomic E-state index is 12.4. The van der Waals surface area contributed by atoms with Crippen molar-refractivity contribution in [3.63, 3.8) is 0 Å². The number of methoxy groups -OCH3 is 1. The van der Waals surface area contributed by atoms with Crippen LogP contribution in [0.2, 0.25) is 0 Å². The first-order valence-electron chi connectivity index (χ1n) is 7.68. The molecule has 0 aliphatic heterocycles. The van der Waals surface area contributed by atoms with Gasteiger partial charge in [-0.3, -0.25) is 0 Å². The van der Waals surface area contributed by atoms with Crippen LogP contribution in [-0.4, -0.2) is 25.5 Å². The van der Waals surface area contributed by atoms with E-state index < -0.39 is 10.0 Å². The number of hydrogen-bond acceptors (Lipinski definition) is 5. The van der Waals surface area contributed by atoms with E-state index in [1.807, 2.05) is 24.3 Å². The van der Waals surface area contributed by atoms with Crippen LogP contribution in [0.3, 0.4) is 0 Å². The zero-order valence-electron chi connectivity index (χ0n) is 13.9. The Bertz CT molecular complexity index is 991. The Morgan fingerprint density at radius 1 is 1.04 bits per heavy atom. The smallest absolute Gasteiger partial charge is 0.240 e. The number of sulfonamides is 1. The van der Waals surface area contributed by atoms with Gasteiger partial charge in [0.15, 0.2) is 0 Å². The molecule has 26 heavy (non-hydrogen) atoms. The van der Waals surface area contributed by atoms with Gasteiger partial charge in [-0.2, -0.15) is 0 Å². The average Bonchev–Trinajstić information content (AvgIpc) is 2.67. The molecule has 0 fully saturated rings. The summed E-state index contributed by atoms with van der Waals surface area (Å²) in [5, 5.41) is 0. The number of hydrogen-bond donors (Lipinski definition) is 1. The van der Waals surface area contributed by atoms with Crippen molar-refractivity contribution in [1.29, 1.82) is 0 Å². The second-order valence-electron chi connectivity index (χ2n) is 5.40. The molecule has 0 aliphatic rings. The molecule has 0 saturated carbocycles. The van der Waals surface area contributed by atoms with E-state index in [4.69, 9.17) is 4.74 Å². The summed E-state index contributed by atoms with van der Waals surface area (Å²) < 4.78 is 33.2. The van der Waals surface area contributed by atoms with Crippen molar-refractivity contribution in [2.75, 3.05) is 7.11 Å². The zero-order chi connectivity index (χ0) is 18.6. The third-order valence-corrected chi connectivity index (χ3v) is 5.62. The van der Waals surface area contributed by atoms with Crippen molar-refractivity contribution in [3.05, 3.63) is 71.1 Å². The van der Waals surface area contributed by atoms with Crippen LogP contribution >= 0.6 is 15.9 Å². The Morgan fingerprint density at radius 2 is 1.73 bits per heavy atom. The molecule has 0 atom stereocenters. The Hall–Kier alpha value is -2.29. The molecule has 0 saturated heterocycles. The van der Waals surface area contributed by atoms with Crippen LogP contribution in [0.25, 0.3) is 11.3 Å². The van der Waals surface area contributed by atoms with Gasteiger partial charge in [-0.25, -0.2) is 23.1 Å². The van der Waals surface area contributed by atoms with E-state index >= 15 is 0 Å². The molecule has 0 bridgehead atoms. The summed E-state index contributed by atoms with van der Waals surface area (Å²) in [5.41, 5.74) is 2.18. The first-order chi connectivity index (χ1) is 12.5. The molecule has 1 heterocycles. The fraction of sp³-hybridized carbons (Fsp3) is 0.111. The maximum Gasteiger partial charge on any atom is 0.240 e.